The van der Waals surface area contributed by atoms with Crippen LogP contribution in [0.1, 0.15) is 26.7 Å². The third-order valence-electron chi connectivity index (χ3n) is 3.60. The van der Waals surface area contributed by atoms with Gasteiger partial charge in [0.15, 0.2) is 5.41 Å². The number of carbonyl (C=O) groups is 2. The molecule has 1 saturated carbocycles. The Morgan fingerprint density at radius 3 is 2.00 bits per heavy atom. The number of hydrogen-bond donors (Lipinski definition) is 0. The molecule has 0 unspecified atom stereocenters. The third kappa shape index (κ3) is 3.15. The highest BCUT2D eigenvalue weighted by Gasteiger charge is 2.58. The Morgan fingerprint density at radius 2 is 1.70 bits per heavy atom. The molecule has 0 aromatic heterocycles. The van der Waals surface area contributed by atoms with E-state index in [-0.39, 0.29) is 38.1 Å². The van der Waals surface area contributed by atoms with Gasteiger partial charge >= 0.3 is 11.9 Å². The Morgan fingerprint density at radius 1 is 1.20 bits per heavy atom. The zero-order chi connectivity index (χ0) is 15.3. The van der Waals surface area contributed by atoms with Gasteiger partial charge in [0.05, 0.1) is 19.3 Å². The Balaban J connectivity index is 3.10. The highest BCUT2D eigenvalue weighted by molar-refractivity contribution is 6.29. The minimum atomic E-state index is -1.35. The highest BCUT2D eigenvalue weighted by Crippen LogP contribution is 2.48. The van der Waals surface area contributed by atoms with E-state index in [1.807, 2.05) is 0 Å². The molecular weight excluding hydrogens is 284 g/mol. The van der Waals surface area contributed by atoms with Crippen LogP contribution in [0.5, 0.6) is 0 Å². The van der Waals surface area contributed by atoms with Gasteiger partial charge in [-0.05, 0) is 20.3 Å². The Kier molecular flexibility index (Phi) is 6.02. The molecule has 114 valence electrons. The summed E-state index contributed by atoms with van der Waals surface area (Å²) in [6.45, 7) is 7.47. The van der Waals surface area contributed by atoms with Crippen LogP contribution >= 0.6 is 11.6 Å². The van der Waals surface area contributed by atoms with E-state index in [2.05, 4.69) is 6.58 Å². The van der Waals surface area contributed by atoms with Crippen LogP contribution in [0.3, 0.4) is 0 Å². The van der Waals surface area contributed by atoms with E-state index in [0.29, 0.717) is 5.03 Å². The predicted molar refractivity (Wildman–Crippen MR) is 74.2 cm³/mol. The average molecular weight is 305 g/mol. The summed E-state index contributed by atoms with van der Waals surface area (Å²) in [5, 5.41) is 0.368. The SMILES string of the molecule is C=C(Cl)[C@@H]1CC(C(=O)OCC)(C(=O)OCC)C[C@H]1OC. The second kappa shape index (κ2) is 7.09. The lowest BCUT2D eigenvalue weighted by Gasteiger charge is -2.24. The van der Waals surface area contributed by atoms with Crippen molar-refractivity contribution in [1.29, 1.82) is 0 Å². The zero-order valence-corrected chi connectivity index (χ0v) is 12.9. The molecule has 0 aromatic carbocycles. The van der Waals surface area contributed by atoms with Crippen LogP contribution in [0.4, 0.5) is 0 Å². The van der Waals surface area contributed by atoms with Gasteiger partial charge in [-0.25, -0.2) is 0 Å². The van der Waals surface area contributed by atoms with Crippen LogP contribution in [0.2, 0.25) is 0 Å². The largest absolute Gasteiger partial charge is 0.465 e. The van der Waals surface area contributed by atoms with E-state index in [4.69, 9.17) is 25.8 Å². The zero-order valence-electron chi connectivity index (χ0n) is 12.1. The van der Waals surface area contributed by atoms with Crippen molar-refractivity contribution in [3.63, 3.8) is 0 Å². The van der Waals surface area contributed by atoms with Gasteiger partial charge in [-0.1, -0.05) is 18.2 Å². The van der Waals surface area contributed by atoms with Crippen molar-refractivity contribution < 1.29 is 23.8 Å². The van der Waals surface area contributed by atoms with E-state index in [1.165, 1.54) is 7.11 Å². The van der Waals surface area contributed by atoms with E-state index in [0.717, 1.165) is 0 Å². The van der Waals surface area contributed by atoms with Crippen LogP contribution in [0.25, 0.3) is 0 Å². The predicted octanol–water partition coefficient (Wildman–Crippen LogP) is 2.28. The summed E-state index contributed by atoms with van der Waals surface area (Å²) in [4.78, 5) is 24.5. The quantitative estimate of drug-likeness (QED) is 0.556. The third-order valence-corrected chi connectivity index (χ3v) is 3.88. The van der Waals surface area contributed by atoms with Gasteiger partial charge in [-0.15, -0.1) is 0 Å². The van der Waals surface area contributed by atoms with Gasteiger partial charge in [-0.2, -0.15) is 0 Å². The molecule has 0 heterocycles. The van der Waals surface area contributed by atoms with Gasteiger partial charge < -0.3 is 14.2 Å². The molecule has 0 amide bonds. The van der Waals surface area contributed by atoms with E-state index in [1.54, 1.807) is 13.8 Å². The molecule has 0 N–H and O–H groups in total. The molecule has 6 heteroatoms. The van der Waals surface area contributed by atoms with E-state index in [9.17, 15) is 9.59 Å². The standard InChI is InChI=1S/C14H21ClO5/c1-5-19-12(16)14(13(17)20-6-2)7-10(9(3)15)11(8-14)18-4/h10-11H,3,5-8H2,1-2,4H3/t10-,11+/m0/s1. The molecule has 0 aliphatic heterocycles. The van der Waals surface area contributed by atoms with Crippen molar-refractivity contribution >= 4 is 23.5 Å². The summed E-state index contributed by atoms with van der Waals surface area (Å²) in [5.74, 6) is -1.45. The number of methoxy groups -OCH3 is 1. The van der Waals surface area contributed by atoms with Crippen LogP contribution in [-0.4, -0.2) is 38.4 Å². The van der Waals surface area contributed by atoms with E-state index < -0.39 is 17.4 Å². The van der Waals surface area contributed by atoms with Crippen LogP contribution < -0.4 is 0 Å². The fourth-order valence-electron chi connectivity index (χ4n) is 2.59. The van der Waals surface area contributed by atoms with Gasteiger partial charge in [-0.3, -0.25) is 9.59 Å². The van der Waals surface area contributed by atoms with Crippen molar-refractivity contribution in [2.75, 3.05) is 20.3 Å². The maximum Gasteiger partial charge on any atom is 0.323 e. The van der Waals surface area contributed by atoms with E-state index >= 15 is 0 Å². The van der Waals surface area contributed by atoms with Crippen LogP contribution in [0, 0.1) is 11.3 Å². The topological polar surface area (TPSA) is 61.8 Å². The Bertz CT molecular complexity index is 375. The Hall–Kier alpha value is -1.07. The van der Waals surface area contributed by atoms with Crippen LogP contribution in [0.15, 0.2) is 11.6 Å². The molecular formula is C14H21ClO5. The second-order valence-electron chi connectivity index (χ2n) is 4.76. The van der Waals surface area contributed by atoms with Crippen molar-refractivity contribution in [3.8, 4) is 0 Å². The van der Waals surface area contributed by atoms with Gasteiger partial charge in [0.1, 0.15) is 0 Å². The first-order valence-electron chi connectivity index (χ1n) is 6.64. The first kappa shape index (κ1) is 17.0. The lowest BCUT2D eigenvalue weighted by Crippen LogP contribution is -2.40. The summed E-state index contributed by atoms with van der Waals surface area (Å²) >= 11 is 5.97. The van der Waals surface area contributed by atoms with Crippen molar-refractivity contribution in [3.05, 3.63) is 11.6 Å². The number of carbonyl (C=O) groups excluding carboxylic acids is 2. The fraction of sp³-hybridized carbons (Fsp3) is 0.714. The minimum Gasteiger partial charge on any atom is -0.465 e. The smallest absolute Gasteiger partial charge is 0.323 e. The molecule has 5 nitrogen and oxygen atoms in total. The normalized spacial score (nSPS) is 24.2. The lowest BCUT2D eigenvalue weighted by molar-refractivity contribution is -0.172. The van der Waals surface area contributed by atoms with Crippen LogP contribution in [-0.2, 0) is 23.8 Å². The molecule has 20 heavy (non-hydrogen) atoms. The average Bonchev–Trinajstić information content (AvgIpc) is 2.80. The number of hydrogen-bond acceptors (Lipinski definition) is 5. The molecule has 0 radical (unpaired) electrons. The molecule has 0 spiro atoms. The lowest BCUT2D eigenvalue weighted by atomic mass is 9.85. The molecule has 1 aliphatic carbocycles. The second-order valence-corrected chi connectivity index (χ2v) is 5.24. The highest BCUT2D eigenvalue weighted by atomic mass is 35.5. The molecule has 0 bridgehead atoms. The molecule has 0 aromatic rings. The number of esters is 2. The monoisotopic (exact) mass is 304 g/mol. The first-order valence-corrected chi connectivity index (χ1v) is 7.02. The maximum absolute atomic E-state index is 12.3. The molecule has 1 fully saturated rings. The first-order chi connectivity index (χ1) is 9.42. The summed E-state index contributed by atoms with van der Waals surface area (Å²) in [5.41, 5.74) is -1.35. The van der Waals surface area contributed by atoms with Gasteiger partial charge in [0, 0.05) is 24.5 Å². The van der Waals surface area contributed by atoms with Crippen molar-refractivity contribution in [2.24, 2.45) is 11.3 Å². The summed E-state index contributed by atoms with van der Waals surface area (Å²) in [7, 11) is 1.52. The minimum absolute atomic E-state index is 0.192. The molecule has 1 rings (SSSR count). The van der Waals surface area contributed by atoms with Crippen molar-refractivity contribution in [2.45, 2.75) is 32.8 Å². The maximum atomic E-state index is 12.3. The molecule has 0 saturated heterocycles. The van der Waals surface area contributed by atoms with Gasteiger partial charge in [0.25, 0.3) is 0 Å². The summed E-state index contributed by atoms with van der Waals surface area (Å²) in [6.07, 6.45) is 0.0390. The summed E-state index contributed by atoms with van der Waals surface area (Å²) in [6, 6.07) is 0. The fourth-order valence-corrected chi connectivity index (χ4v) is 2.81. The van der Waals surface area contributed by atoms with Crippen molar-refractivity contribution in [1.82, 2.24) is 0 Å². The molecule has 1 aliphatic rings. The summed E-state index contributed by atoms with van der Waals surface area (Å²) < 4.78 is 15.4. The Labute approximate surface area is 124 Å². The number of rotatable bonds is 6. The number of ether oxygens (including phenoxy) is 3. The number of halogens is 1. The van der Waals surface area contributed by atoms with Gasteiger partial charge in [0.2, 0.25) is 0 Å². The molecule has 2 atom stereocenters.